The lowest BCUT2D eigenvalue weighted by Crippen LogP contribution is -2.13. The standard InChI is InChI=1S/C13H16N4O2/c1-12(2)11(13(12,3)4)16-10-9(17(18)19)8(7-14)5-6-15-10/h5-6,11H,1-4H3,(H,15,16). The van der Waals surface area contributed by atoms with Crippen molar-refractivity contribution in [1.29, 1.82) is 5.26 Å². The molecule has 1 aliphatic rings. The number of aromatic nitrogens is 1. The highest BCUT2D eigenvalue weighted by Crippen LogP contribution is 2.63. The summed E-state index contributed by atoms with van der Waals surface area (Å²) in [6, 6.07) is 3.28. The summed E-state index contributed by atoms with van der Waals surface area (Å²) in [6.07, 6.45) is 1.41. The van der Waals surface area contributed by atoms with Gasteiger partial charge in [0, 0.05) is 12.2 Å². The molecule has 0 aliphatic heterocycles. The molecule has 0 unspecified atom stereocenters. The Hall–Kier alpha value is -2.16. The van der Waals surface area contributed by atoms with Gasteiger partial charge in [-0.05, 0) is 16.9 Å². The van der Waals surface area contributed by atoms with Crippen molar-refractivity contribution >= 4 is 11.5 Å². The molecule has 1 aliphatic carbocycles. The fourth-order valence-electron chi connectivity index (χ4n) is 2.53. The molecule has 0 aromatic carbocycles. The van der Waals surface area contributed by atoms with Crippen LogP contribution in [-0.4, -0.2) is 15.9 Å². The van der Waals surface area contributed by atoms with Crippen LogP contribution in [0.3, 0.4) is 0 Å². The minimum Gasteiger partial charge on any atom is -0.360 e. The van der Waals surface area contributed by atoms with E-state index in [-0.39, 0.29) is 33.9 Å². The molecule has 1 heterocycles. The molecule has 1 aromatic heterocycles. The van der Waals surface area contributed by atoms with E-state index in [1.165, 1.54) is 12.3 Å². The van der Waals surface area contributed by atoms with Gasteiger partial charge in [-0.2, -0.15) is 5.26 Å². The zero-order valence-corrected chi connectivity index (χ0v) is 11.4. The van der Waals surface area contributed by atoms with Crippen LogP contribution < -0.4 is 5.32 Å². The van der Waals surface area contributed by atoms with Gasteiger partial charge in [-0.1, -0.05) is 27.7 Å². The molecule has 0 radical (unpaired) electrons. The van der Waals surface area contributed by atoms with Gasteiger partial charge >= 0.3 is 5.69 Å². The summed E-state index contributed by atoms with van der Waals surface area (Å²) in [6.45, 7) is 8.41. The van der Waals surface area contributed by atoms with Crippen LogP contribution in [0.4, 0.5) is 11.5 Å². The van der Waals surface area contributed by atoms with Crippen LogP contribution >= 0.6 is 0 Å². The lowest BCUT2D eigenvalue weighted by Gasteiger charge is -2.08. The zero-order chi connectivity index (χ0) is 14.4. The van der Waals surface area contributed by atoms with Crippen molar-refractivity contribution in [2.24, 2.45) is 10.8 Å². The van der Waals surface area contributed by atoms with Gasteiger partial charge in [0.2, 0.25) is 5.82 Å². The molecular weight excluding hydrogens is 244 g/mol. The number of nitriles is 1. The first-order valence-electron chi connectivity index (χ1n) is 6.03. The molecule has 19 heavy (non-hydrogen) atoms. The fourth-order valence-corrected chi connectivity index (χ4v) is 2.53. The molecule has 100 valence electrons. The summed E-state index contributed by atoms with van der Waals surface area (Å²) in [5, 5.41) is 23.2. The largest absolute Gasteiger partial charge is 0.360 e. The smallest absolute Gasteiger partial charge is 0.328 e. The Balaban J connectivity index is 2.38. The van der Waals surface area contributed by atoms with E-state index >= 15 is 0 Å². The van der Waals surface area contributed by atoms with E-state index in [2.05, 4.69) is 38.0 Å². The Morgan fingerprint density at radius 3 is 2.42 bits per heavy atom. The molecule has 1 fully saturated rings. The first kappa shape index (κ1) is 13.3. The van der Waals surface area contributed by atoms with Gasteiger partial charge in [-0.15, -0.1) is 0 Å². The van der Waals surface area contributed by atoms with E-state index in [0.717, 1.165) is 0 Å². The second kappa shape index (κ2) is 3.92. The third-order valence-electron chi connectivity index (χ3n) is 4.53. The van der Waals surface area contributed by atoms with Crippen LogP contribution in [0.2, 0.25) is 0 Å². The molecule has 0 saturated heterocycles. The lowest BCUT2D eigenvalue weighted by molar-refractivity contribution is -0.384. The summed E-state index contributed by atoms with van der Waals surface area (Å²) < 4.78 is 0. The average Bonchev–Trinajstić information content (AvgIpc) is 2.71. The summed E-state index contributed by atoms with van der Waals surface area (Å²) in [5.41, 5.74) is -0.154. The Labute approximate surface area is 111 Å². The van der Waals surface area contributed by atoms with Crippen LogP contribution in [0.5, 0.6) is 0 Å². The van der Waals surface area contributed by atoms with Gasteiger partial charge in [0.05, 0.1) is 4.92 Å². The minimum absolute atomic E-state index is 0.0266. The SMILES string of the molecule is CC1(C)C(Nc2nccc(C#N)c2[N+](=O)[O-])C1(C)C. The highest BCUT2D eigenvalue weighted by atomic mass is 16.6. The van der Waals surface area contributed by atoms with Crippen LogP contribution in [0.15, 0.2) is 12.3 Å². The number of rotatable bonds is 3. The predicted octanol–water partition coefficient (Wildman–Crippen LogP) is 2.71. The summed E-state index contributed by atoms with van der Waals surface area (Å²) in [7, 11) is 0. The van der Waals surface area contributed by atoms with E-state index in [1.54, 1.807) is 0 Å². The van der Waals surface area contributed by atoms with Gasteiger partial charge in [0.25, 0.3) is 0 Å². The highest BCUT2D eigenvalue weighted by Gasteiger charge is 2.65. The number of nitrogens with zero attached hydrogens (tertiary/aromatic N) is 3. The Bertz CT molecular complexity index is 573. The van der Waals surface area contributed by atoms with Gasteiger partial charge in [0.15, 0.2) is 0 Å². The van der Waals surface area contributed by atoms with Crippen LogP contribution in [0.25, 0.3) is 0 Å². The van der Waals surface area contributed by atoms with Crippen molar-refractivity contribution in [2.45, 2.75) is 33.7 Å². The van der Waals surface area contributed by atoms with Gasteiger partial charge in [0.1, 0.15) is 11.6 Å². The number of hydrogen-bond acceptors (Lipinski definition) is 5. The number of anilines is 1. The maximum atomic E-state index is 11.1. The molecule has 1 aromatic rings. The van der Waals surface area contributed by atoms with E-state index in [4.69, 9.17) is 5.26 Å². The molecule has 0 spiro atoms. The number of nitro groups is 1. The topological polar surface area (TPSA) is 91.8 Å². The molecular formula is C13H16N4O2. The molecule has 6 nitrogen and oxygen atoms in total. The Morgan fingerprint density at radius 1 is 1.42 bits per heavy atom. The maximum absolute atomic E-state index is 11.1. The quantitative estimate of drug-likeness (QED) is 0.666. The van der Waals surface area contributed by atoms with Crippen molar-refractivity contribution in [2.75, 3.05) is 5.32 Å². The number of pyridine rings is 1. The lowest BCUT2D eigenvalue weighted by atomic mass is 10.0. The third kappa shape index (κ3) is 1.82. The van der Waals surface area contributed by atoms with E-state index < -0.39 is 4.92 Å². The zero-order valence-electron chi connectivity index (χ0n) is 11.4. The summed E-state index contributed by atoms with van der Waals surface area (Å²) in [5.74, 6) is 0.174. The third-order valence-corrected chi connectivity index (χ3v) is 4.53. The maximum Gasteiger partial charge on any atom is 0.328 e. The number of nitrogens with one attached hydrogen (secondary N) is 1. The minimum atomic E-state index is -0.559. The van der Waals surface area contributed by atoms with Gasteiger partial charge in [-0.25, -0.2) is 4.98 Å². The first-order chi connectivity index (χ1) is 8.73. The molecule has 0 amide bonds. The van der Waals surface area contributed by atoms with Crippen LogP contribution in [0, 0.1) is 32.3 Å². The van der Waals surface area contributed by atoms with Gasteiger partial charge in [-0.3, -0.25) is 10.1 Å². The first-order valence-corrected chi connectivity index (χ1v) is 6.03. The van der Waals surface area contributed by atoms with Crippen LogP contribution in [0.1, 0.15) is 33.3 Å². The van der Waals surface area contributed by atoms with Crippen molar-refractivity contribution in [1.82, 2.24) is 4.98 Å². The Morgan fingerprint density at radius 2 is 2.00 bits per heavy atom. The van der Waals surface area contributed by atoms with Gasteiger partial charge < -0.3 is 5.32 Å². The fraction of sp³-hybridized carbons (Fsp3) is 0.538. The van der Waals surface area contributed by atoms with E-state index in [9.17, 15) is 10.1 Å². The second-order valence-electron chi connectivity index (χ2n) is 5.95. The summed E-state index contributed by atoms with van der Waals surface area (Å²) in [4.78, 5) is 14.6. The highest BCUT2D eigenvalue weighted by molar-refractivity contribution is 5.65. The predicted molar refractivity (Wildman–Crippen MR) is 70.6 cm³/mol. The molecule has 0 atom stereocenters. The van der Waals surface area contributed by atoms with E-state index in [0.29, 0.717) is 0 Å². The molecule has 6 heteroatoms. The van der Waals surface area contributed by atoms with Crippen LogP contribution in [-0.2, 0) is 0 Å². The van der Waals surface area contributed by atoms with Crippen molar-refractivity contribution < 1.29 is 4.92 Å². The normalized spacial score (nSPS) is 19.5. The molecule has 2 rings (SSSR count). The monoisotopic (exact) mass is 260 g/mol. The molecule has 0 bridgehead atoms. The van der Waals surface area contributed by atoms with Crippen molar-refractivity contribution in [3.05, 3.63) is 27.9 Å². The number of hydrogen-bond donors (Lipinski definition) is 1. The van der Waals surface area contributed by atoms with Crippen molar-refractivity contribution in [3.8, 4) is 6.07 Å². The average molecular weight is 260 g/mol. The second-order valence-corrected chi connectivity index (χ2v) is 5.95. The Kier molecular flexibility index (Phi) is 2.74. The molecule has 1 N–H and O–H groups in total. The molecule has 1 saturated carbocycles. The van der Waals surface area contributed by atoms with E-state index in [1.807, 2.05) is 6.07 Å². The summed E-state index contributed by atoms with van der Waals surface area (Å²) >= 11 is 0. The van der Waals surface area contributed by atoms with Crippen molar-refractivity contribution in [3.63, 3.8) is 0 Å².